The lowest BCUT2D eigenvalue weighted by Crippen LogP contribution is -2.19. The van der Waals surface area contributed by atoms with Crippen LogP contribution in [0.2, 0.25) is 15.2 Å². The maximum atomic E-state index is 13.5. The molecule has 1 amide bonds. The van der Waals surface area contributed by atoms with E-state index in [2.05, 4.69) is 26.2 Å². The number of allylic oxidation sites excluding steroid dienone is 1. The fourth-order valence-electron chi connectivity index (χ4n) is 3.00. The molecule has 10 heteroatoms. The van der Waals surface area contributed by atoms with Crippen molar-refractivity contribution in [3.8, 4) is 0 Å². The third-order valence-corrected chi connectivity index (χ3v) is 6.99. The number of hydrogen-bond acceptors (Lipinski definition) is 2. The Morgan fingerprint density at radius 3 is 2.25 bits per heavy atom. The topological polar surface area (TPSA) is 42.0 Å². The number of alkyl halides is 3. The van der Waals surface area contributed by atoms with Crippen molar-refractivity contribution < 1.29 is 18.0 Å². The van der Waals surface area contributed by atoms with E-state index in [1.807, 2.05) is 19.1 Å². The number of hydrogen-bond donors (Lipinski definition) is 1. The Kier molecular flexibility index (Phi) is 11.8. The van der Waals surface area contributed by atoms with Crippen LogP contribution < -0.4 is 5.32 Å². The molecule has 0 bridgehead atoms. The average molecular weight is 623 g/mol. The first kappa shape index (κ1) is 30.2. The largest absolute Gasteiger partial charge is 0.399 e. The van der Waals surface area contributed by atoms with Crippen molar-refractivity contribution in [3.05, 3.63) is 102 Å². The second kappa shape index (κ2) is 14.0. The van der Waals surface area contributed by atoms with Crippen LogP contribution in [0.5, 0.6) is 0 Å². The molecule has 1 N–H and O–H groups in total. The van der Waals surface area contributed by atoms with Gasteiger partial charge in [0.25, 0.3) is 0 Å². The van der Waals surface area contributed by atoms with E-state index in [0.717, 1.165) is 28.1 Å². The quantitative estimate of drug-likeness (QED) is 0.163. The molecule has 0 aliphatic carbocycles. The Bertz CT molecular complexity index is 1180. The zero-order valence-electron chi connectivity index (χ0n) is 19.3. The smallest absolute Gasteiger partial charge is 0.358 e. The van der Waals surface area contributed by atoms with E-state index in [1.54, 1.807) is 31.3 Å². The van der Waals surface area contributed by atoms with Gasteiger partial charge in [0, 0.05) is 27.3 Å². The molecule has 3 rings (SSSR count). The van der Waals surface area contributed by atoms with Crippen LogP contribution in [0.25, 0.3) is 6.08 Å². The first-order valence-corrected chi connectivity index (χ1v) is 12.6. The summed E-state index contributed by atoms with van der Waals surface area (Å²) in [7, 11) is 0. The van der Waals surface area contributed by atoms with E-state index in [4.69, 9.17) is 34.8 Å². The predicted octanol–water partition coefficient (Wildman–Crippen LogP) is 8.76. The zero-order chi connectivity index (χ0) is 26.9. The van der Waals surface area contributed by atoms with Crippen LogP contribution in [0, 0.1) is 13.8 Å². The number of halogens is 7. The fraction of sp³-hybridized carbons (Fsp3) is 0.231. The zero-order valence-corrected chi connectivity index (χ0v) is 23.2. The van der Waals surface area contributed by atoms with E-state index in [0.29, 0.717) is 29.2 Å². The maximum absolute atomic E-state index is 13.5. The number of benzene rings is 2. The summed E-state index contributed by atoms with van der Waals surface area (Å²) in [5.41, 5.74) is 3.33. The Morgan fingerprint density at radius 2 is 1.72 bits per heavy atom. The Morgan fingerprint density at radius 1 is 1.06 bits per heavy atom. The van der Waals surface area contributed by atoms with E-state index in [-0.39, 0.29) is 15.6 Å². The van der Waals surface area contributed by atoms with Gasteiger partial charge in [-0.1, -0.05) is 81.1 Å². The number of nitrogens with one attached hydrogen (secondary N) is 1. The van der Waals surface area contributed by atoms with Gasteiger partial charge in [0.05, 0.1) is 5.92 Å². The molecule has 3 nitrogen and oxygen atoms in total. The lowest BCUT2D eigenvalue weighted by molar-refractivity contribution is -0.139. The lowest BCUT2D eigenvalue weighted by atomic mass is 9.96. The molecule has 192 valence electrons. The van der Waals surface area contributed by atoms with Crippen molar-refractivity contribution in [1.82, 2.24) is 10.3 Å². The van der Waals surface area contributed by atoms with Gasteiger partial charge in [0.15, 0.2) is 0 Å². The molecule has 0 aliphatic heterocycles. The van der Waals surface area contributed by atoms with Gasteiger partial charge in [0.1, 0.15) is 5.15 Å². The molecule has 0 aliphatic rings. The predicted molar refractivity (Wildman–Crippen MR) is 145 cm³/mol. The highest BCUT2D eigenvalue weighted by Gasteiger charge is 2.39. The highest BCUT2D eigenvalue weighted by atomic mass is 79.9. The molecule has 36 heavy (non-hydrogen) atoms. The van der Waals surface area contributed by atoms with Gasteiger partial charge in [-0.15, -0.1) is 0 Å². The van der Waals surface area contributed by atoms with Gasteiger partial charge in [-0.05, 0) is 72.4 Å². The minimum absolute atomic E-state index is 0.0190. The number of pyridine rings is 1. The summed E-state index contributed by atoms with van der Waals surface area (Å²) >= 11 is 20.9. The molecule has 0 spiro atoms. The second-order valence-electron chi connectivity index (χ2n) is 7.81. The van der Waals surface area contributed by atoms with Gasteiger partial charge >= 0.3 is 6.18 Å². The van der Waals surface area contributed by atoms with Crippen molar-refractivity contribution in [2.24, 2.45) is 0 Å². The number of nitrogens with zero attached hydrogens (tertiary/aromatic N) is 1. The summed E-state index contributed by atoms with van der Waals surface area (Å²) in [6, 6.07) is 11.6. The molecular weight excluding hydrogens is 600 g/mol. The monoisotopic (exact) mass is 620 g/mol. The van der Waals surface area contributed by atoms with Crippen LogP contribution in [0.4, 0.5) is 13.2 Å². The fourth-order valence-corrected chi connectivity index (χ4v) is 4.02. The van der Waals surface area contributed by atoms with Gasteiger partial charge in [-0.3, -0.25) is 4.79 Å². The van der Waals surface area contributed by atoms with Crippen LogP contribution in [-0.4, -0.2) is 24.1 Å². The second-order valence-corrected chi connectivity index (χ2v) is 9.86. The van der Waals surface area contributed by atoms with Gasteiger partial charge in [0.2, 0.25) is 6.41 Å². The van der Waals surface area contributed by atoms with Crippen molar-refractivity contribution in [1.29, 1.82) is 0 Å². The van der Waals surface area contributed by atoms with Crippen molar-refractivity contribution in [2.45, 2.75) is 32.4 Å². The SMILES string of the molecule is Cc1ccc(/C=C/C(c2cc(Cl)c(C)c(Cl)c2)C(F)(F)F)cc1Br.O=CNCCc1ccc(Cl)nc1. The molecule has 3 aromatic rings. The first-order valence-electron chi connectivity index (χ1n) is 10.7. The number of rotatable bonds is 7. The van der Waals surface area contributed by atoms with Crippen LogP contribution in [0.1, 0.15) is 33.7 Å². The third-order valence-electron chi connectivity index (χ3n) is 5.12. The highest BCUT2D eigenvalue weighted by Crippen LogP contribution is 2.39. The number of carbonyl (C=O) groups is 1. The normalized spacial score (nSPS) is 12.1. The van der Waals surface area contributed by atoms with Crippen molar-refractivity contribution >= 4 is 63.2 Å². The minimum Gasteiger partial charge on any atom is -0.358 e. The molecule has 1 unspecified atom stereocenters. The summed E-state index contributed by atoms with van der Waals surface area (Å²) in [5, 5.41) is 3.50. The molecule has 1 aromatic heterocycles. The maximum Gasteiger partial charge on any atom is 0.399 e. The molecule has 1 heterocycles. The Hall–Kier alpha value is -2.06. The van der Waals surface area contributed by atoms with Gasteiger partial charge < -0.3 is 5.32 Å². The summed E-state index contributed by atoms with van der Waals surface area (Å²) in [6.07, 6.45) is 1.29. The molecule has 1 atom stereocenters. The summed E-state index contributed by atoms with van der Waals surface area (Å²) in [6.45, 7) is 4.20. The summed E-state index contributed by atoms with van der Waals surface area (Å²) in [5.74, 6) is -1.78. The minimum atomic E-state index is -4.44. The average Bonchev–Trinajstić information content (AvgIpc) is 2.81. The van der Waals surface area contributed by atoms with Crippen molar-refractivity contribution in [3.63, 3.8) is 0 Å². The molecule has 0 saturated heterocycles. The first-order chi connectivity index (χ1) is 16.9. The van der Waals surface area contributed by atoms with Gasteiger partial charge in [-0.25, -0.2) is 4.98 Å². The van der Waals surface area contributed by atoms with Gasteiger partial charge in [-0.2, -0.15) is 13.2 Å². The van der Waals surface area contributed by atoms with E-state index in [1.165, 1.54) is 18.2 Å². The number of aromatic nitrogens is 1. The highest BCUT2D eigenvalue weighted by molar-refractivity contribution is 9.10. The summed E-state index contributed by atoms with van der Waals surface area (Å²) < 4.78 is 41.2. The Labute approximate surface area is 231 Å². The van der Waals surface area contributed by atoms with Crippen LogP contribution >= 0.6 is 50.7 Å². The number of aryl methyl sites for hydroxylation is 1. The lowest BCUT2D eigenvalue weighted by Gasteiger charge is -2.18. The molecule has 0 saturated carbocycles. The molecule has 0 fully saturated rings. The molecule has 2 aromatic carbocycles. The molecule has 0 radical (unpaired) electrons. The van der Waals surface area contributed by atoms with E-state index >= 15 is 0 Å². The third kappa shape index (κ3) is 9.43. The van der Waals surface area contributed by atoms with Crippen molar-refractivity contribution in [2.75, 3.05) is 6.54 Å². The molecular formula is C26H23BrCl3F3N2O. The standard InChI is InChI=1S/C18H14BrCl2F3.C8H9ClN2O/c1-10-3-4-12(7-15(10)19)5-6-14(18(22,23)24)13-8-16(20)11(2)17(21)9-13;9-8-2-1-7(5-11-8)3-4-10-6-12/h3-9,14H,1-2H3;1-2,5-6H,3-4H2,(H,10,12)/b6-5+;. The number of carbonyl (C=O) groups excluding carboxylic acids is 1. The number of amides is 1. The van der Waals surface area contributed by atoms with Crippen LogP contribution in [0.3, 0.4) is 0 Å². The van der Waals surface area contributed by atoms with E-state index in [9.17, 15) is 18.0 Å². The van der Waals surface area contributed by atoms with E-state index < -0.39 is 12.1 Å². The van der Waals surface area contributed by atoms with Crippen LogP contribution in [-0.2, 0) is 11.2 Å². The Balaban J connectivity index is 0.000000319. The van der Waals surface area contributed by atoms with Crippen LogP contribution in [0.15, 0.2) is 59.2 Å². The summed E-state index contributed by atoms with van der Waals surface area (Å²) in [4.78, 5) is 13.8.